The molecule has 0 unspecified atom stereocenters. The molecule has 0 aromatic carbocycles. The van der Waals surface area contributed by atoms with Crippen molar-refractivity contribution in [3.8, 4) is 0 Å². The molecule has 1 heterocycles. The van der Waals surface area contributed by atoms with Gasteiger partial charge in [-0.05, 0) is 38.4 Å². The molecule has 3 heteroatoms. The standard InChI is InChI=1S/C12H27N3/c1-4-14-12(10-13)5-7-15(8-6-12)9-11(2)3/h11,14H,4-10,13H2,1-3H3. The minimum atomic E-state index is 0.224. The summed E-state index contributed by atoms with van der Waals surface area (Å²) in [5, 5.41) is 3.57. The van der Waals surface area contributed by atoms with Crippen LogP contribution in [0.3, 0.4) is 0 Å². The molecule has 1 aliphatic rings. The summed E-state index contributed by atoms with van der Waals surface area (Å²) in [7, 11) is 0. The van der Waals surface area contributed by atoms with E-state index in [-0.39, 0.29) is 5.54 Å². The normalized spacial score (nSPS) is 22.2. The van der Waals surface area contributed by atoms with E-state index in [2.05, 4.69) is 31.0 Å². The van der Waals surface area contributed by atoms with Crippen molar-refractivity contribution in [1.29, 1.82) is 0 Å². The molecule has 1 aliphatic heterocycles. The third kappa shape index (κ3) is 3.74. The lowest BCUT2D eigenvalue weighted by atomic mass is 9.87. The fourth-order valence-electron chi connectivity index (χ4n) is 2.51. The Morgan fingerprint density at radius 2 is 1.93 bits per heavy atom. The molecule has 0 saturated carbocycles. The highest BCUT2D eigenvalue weighted by Crippen LogP contribution is 2.21. The van der Waals surface area contributed by atoms with E-state index in [1.165, 1.54) is 32.5 Å². The molecule has 0 aromatic rings. The Labute approximate surface area is 94.4 Å². The monoisotopic (exact) mass is 213 g/mol. The first-order chi connectivity index (χ1) is 7.12. The molecule has 15 heavy (non-hydrogen) atoms. The first kappa shape index (κ1) is 12.9. The molecular formula is C12H27N3. The van der Waals surface area contributed by atoms with Crippen molar-refractivity contribution in [3.63, 3.8) is 0 Å². The second kappa shape index (κ2) is 5.83. The van der Waals surface area contributed by atoms with E-state index in [1.807, 2.05) is 0 Å². The minimum Gasteiger partial charge on any atom is -0.329 e. The van der Waals surface area contributed by atoms with Gasteiger partial charge >= 0.3 is 0 Å². The molecule has 0 amide bonds. The zero-order chi connectivity index (χ0) is 11.3. The van der Waals surface area contributed by atoms with E-state index >= 15 is 0 Å². The summed E-state index contributed by atoms with van der Waals surface area (Å²) < 4.78 is 0. The van der Waals surface area contributed by atoms with Gasteiger partial charge in [-0.25, -0.2) is 0 Å². The number of hydrogen-bond acceptors (Lipinski definition) is 3. The first-order valence-electron chi connectivity index (χ1n) is 6.29. The van der Waals surface area contributed by atoms with Gasteiger partial charge < -0.3 is 16.0 Å². The predicted molar refractivity (Wildman–Crippen MR) is 66.0 cm³/mol. The minimum absolute atomic E-state index is 0.224. The summed E-state index contributed by atoms with van der Waals surface area (Å²) in [5.41, 5.74) is 6.11. The number of likely N-dealkylation sites (tertiary alicyclic amines) is 1. The van der Waals surface area contributed by atoms with Gasteiger partial charge in [-0.3, -0.25) is 0 Å². The topological polar surface area (TPSA) is 41.3 Å². The van der Waals surface area contributed by atoms with E-state index in [0.717, 1.165) is 19.0 Å². The Hall–Kier alpha value is -0.120. The number of nitrogens with zero attached hydrogens (tertiary/aromatic N) is 1. The van der Waals surface area contributed by atoms with E-state index in [0.29, 0.717) is 0 Å². The van der Waals surface area contributed by atoms with Crippen molar-refractivity contribution in [3.05, 3.63) is 0 Å². The zero-order valence-corrected chi connectivity index (χ0v) is 10.6. The zero-order valence-electron chi connectivity index (χ0n) is 10.6. The summed E-state index contributed by atoms with van der Waals surface area (Å²) in [6, 6.07) is 0. The molecule has 1 fully saturated rings. The van der Waals surface area contributed by atoms with Gasteiger partial charge in [0.25, 0.3) is 0 Å². The van der Waals surface area contributed by atoms with Crippen LogP contribution in [0.4, 0.5) is 0 Å². The summed E-state index contributed by atoms with van der Waals surface area (Å²) in [4.78, 5) is 2.57. The van der Waals surface area contributed by atoms with Crippen LogP contribution in [0.1, 0.15) is 33.6 Å². The maximum Gasteiger partial charge on any atom is 0.0328 e. The molecular weight excluding hydrogens is 186 g/mol. The number of hydrogen-bond donors (Lipinski definition) is 2. The molecule has 0 bridgehead atoms. The third-order valence-corrected chi connectivity index (χ3v) is 3.38. The van der Waals surface area contributed by atoms with Crippen LogP contribution in [0.15, 0.2) is 0 Å². The molecule has 0 radical (unpaired) electrons. The molecule has 90 valence electrons. The smallest absolute Gasteiger partial charge is 0.0328 e. The summed E-state index contributed by atoms with van der Waals surface area (Å²) >= 11 is 0. The van der Waals surface area contributed by atoms with Gasteiger partial charge in [-0.1, -0.05) is 20.8 Å². The maximum atomic E-state index is 5.89. The third-order valence-electron chi connectivity index (χ3n) is 3.38. The largest absolute Gasteiger partial charge is 0.329 e. The lowest BCUT2D eigenvalue weighted by molar-refractivity contribution is 0.130. The van der Waals surface area contributed by atoms with Gasteiger partial charge in [-0.2, -0.15) is 0 Å². The van der Waals surface area contributed by atoms with Crippen LogP contribution in [0.2, 0.25) is 0 Å². The average Bonchev–Trinajstić information content (AvgIpc) is 2.21. The quantitative estimate of drug-likeness (QED) is 0.717. The molecule has 0 aromatic heterocycles. The molecule has 0 aliphatic carbocycles. The molecule has 0 atom stereocenters. The summed E-state index contributed by atoms with van der Waals surface area (Å²) in [5.74, 6) is 0.773. The van der Waals surface area contributed by atoms with Gasteiger partial charge in [0, 0.05) is 18.6 Å². The first-order valence-corrected chi connectivity index (χ1v) is 6.29. The molecule has 1 saturated heterocycles. The highest BCUT2D eigenvalue weighted by Gasteiger charge is 2.32. The van der Waals surface area contributed by atoms with E-state index in [4.69, 9.17) is 5.73 Å². The Morgan fingerprint density at radius 3 is 2.33 bits per heavy atom. The van der Waals surface area contributed by atoms with Crippen LogP contribution in [0.5, 0.6) is 0 Å². The van der Waals surface area contributed by atoms with Gasteiger partial charge in [-0.15, -0.1) is 0 Å². The van der Waals surface area contributed by atoms with E-state index in [9.17, 15) is 0 Å². The van der Waals surface area contributed by atoms with E-state index in [1.54, 1.807) is 0 Å². The SMILES string of the molecule is CCNC1(CN)CCN(CC(C)C)CC1. The average molecular weight is 213 g/mol. The number of nitrogens with one attached hydrogen (secondary N) is 1. The lowest BCUT2D eigenvalue weighted by Crippen LogP contribution is -2.57. The molecule has 1 rings (SSSR count). The maximum absolute atomic E-state index is 5.89. The fourth-order valence-corrected chi connectivity index (χ4v) is 2.51. The number of nitrogens with two attached hydrogens (primary N) is 1. The highest BCUT2D eigenvalue weighted by molar-refractivity contribution is 4.93. The van der Waals surface area contributed by atoms with Crippen molar-refractivity contribution in [2.75, 3.05) is 32.7 Å². The second-order valence-corrected chi connectivity index (χ2v) is 5.21. The molecule has 3 N–H and O–H groups in total. The van der Waals surface area contributed by atoms with Crippen LogP contribution >= 0.6 is 0 Å². The van der Waals surface area contributed by atoms with Crippen LogP contribution in [0, 0.1) is 5.92 Å². The Kier molecular flexibility index (Phi) is 5.03. The number of rotatable bonds is 5. The van der Waals surface area contributed by atoms with E-state index < -0.39 is 0 Å². The van der Waals surface area contributed by atoms with Crippen LogP contribution in [-0.2, 0) is 0 Å². The Morgan fingerprint density at radius 1 is 1.33 bits per heavy atom. The van der Waals surface area contributed by atoms with Crippen molar-refractivity contribution in [2.24, 2.45) is 11.7 Å². The Balaban J connectivity index is 2.38. The Bertz CT molecular complexity index is 172. The van der Waals surface area contributed by atoms with Crippen molar-refractivity contribution in [1.82, 2.24) is 10.2 Å². The van der Waals surface area contributed by atoms with Gasteiger partial charge in [0.1, 0.15) is 0 Å². The number of likely N-dealkylation sites (N-methyl/N-ethyl adjacent to an activating group) is 1. The molecule has 3 nitrogen and oxygen atoms in total. The van der Waals surface area contributed by atoms with Crippen LogP contribution in [0.25, 0.3) is 0 Å². The lowest BCUT2D eigenvalue weighted by Gasteiger charge is -2.42. The van der Waals surface area contributed by atoms with Crippen molar-refractivity contribution < 1.29 is 0 Å². The second-order valence-electron chi connectivity index (χ2n) is 5.21. The van der Waals surface area contributed by atoms with Gasteiger partial charge in [0.2, 0.25) is 0 Å². The van der Waals surface area contributed by atoms with Crippen LogP contribution in [-0.4, -0.2) is 43.2 Å². The molecule has 0 spiro atoms. The van der Waals surface area contributed by atoms with Gasteiger partial charge in [0.15, 0.2) is 0 Å². The summed E-state index contributed by atoms with van der Waals surface area (Å²) in [6.45, 7) is 12.2. The van der Waals surface area contributed by atoms with Gasteiger partial charge in [0.05, 0.1) is 0 Å². The number of piperidine rings is 1. The summed E-state index contributed by atoms with van der Waals surface area (Å²) in [6.07, 6.45) is 2.40. The fraction of sp³-hybridized carbons (Fsp3) is 1.00. The predicted octanol–water partition coefficient (Wildman–Crippen LogP) is 1.05. The van der Waals surface area contributed by atoms with Crippen LogP contribution < -0.4 is 11.1 Å². The highest BCUT2D eigenvalue weighted by atomic mass is 15.2. The van der Waals surface area contributed by atoms with Crippen molar-refractivity contribution in [2.45, 2.75) is 39.2 Å². The van der Waals surface area contributed by atoms with Crippen molar-refractivity contribution >= 4 is 0 Å².